The van der Waals surface area contributed by atoms with Crippen LogP contribution in [0.4, 0.5) is 4.39 Å². The Bertz CT molecular complexity index is 792. The minimum Gasteiger partial charge on any atom is -0.456 e. The summed E-state index contributed by atoms with van der Waals surface area (Å²) in [4.78, 5) is 16.4. The van der Waals surface area contributed by atoms with E-state index in [1.54, 1.807) is 42.7 Å². The molecule has 0 saturated carbocycles. The highest BCUT2D eigenvalue weighted by Crippen LogP contribution is 2.24. The number of nitrogens with zero attached hydrogens (tertiary/aromatic N) is 3. The summed E-state index contributed by atoms with van der Waals surface area (Å²) in [6.07, 6.45) is 3.21. The molecular formula is C15H10FN3O2S. The van der Waals surface area contributed by atoms with Crippen molar-refractivity contribution >= 4 is 17.5 Å². The van der Waals surface area contributed by atoms with E-state index in [0.717, 1.165) is 11.5 Å². The van der Waals surface area contributed by atoms with Crippen molar-refractivity contribution in [3.63, 3.8) is 0 Å². The van der Waals surface area contributed by atoms with E-state index in [0.29, 0.717) is 16.8 Å². The number of hydrogen-bond acceptors (Lipinski definition) is 6. The molecule has 0 N–H and O–H groups in total. The van der Waals surface area contributed by atoms with Gasteiger partial charge in [-0.25, -0.2) is 9.18 Å². The normalized spacial score (nSPS) is 10.4. The van der Waals surface area contributed by atoms with E-state index in [4.69, 9.17) is 4.74 Å². The Morgan fingerprint density at radius 2 is 2.09 bits per heavy atom. The summed E-state index contributed by atoms with van der Waals surface area (Å²) in [7, 11) is 0. The molecule has 5 nitrogen and oxygen atoms in total. The maximum atomic E-state index is 13.5. The third kappa shape index (κ3) is 2.99. The average Bonchev–Trinajstić information content (AvgIpc) is 3.04. The molecule has 0 radical (unpaired) electrons. The van der Waals surface area contributed by atoms with Gasteiger partial charge >= 0.3 is 5.97 Å². The molecule has 110 valence electrons. The maximum Gasteiger partial charge on any atom is 0.352 e. The van der Waals surface area contributed by atoms with Crippen molar-refractivity contribution in [1.29, 1.82) is 0 Å². The van der Waals surface area contributed by atoms with Crippen molar-refractivity contribution in [2.75, 3.05) is 0 Å². The van der Waals surface area contributed by atoms with Crippen LogP contribution in [0.3, 0.4) is 0 Å². The van der Waals surface area contributed by atoms with Gasteiger partial charge in [-0.05, 0) is 29.7 Å². The second kappa shape index (κ2) is 6.40. The number of rotatable bonds is 4. The van der Waals surface area contributed by atoms with Gasteiger partial charge in [0.1, 0.15) is 18.1 Å². The number of benzene rings is 1. The fraction of sp³-hybridized carbons (Fsp3) is 0.0667. The summed E-state index contributed by atoms with van der Waals surface area (Å²) in [6.45, 7) is -0.143. The second-order valence-electron chi connectivity index (χ2n) is 4.36. The van der Waals surface area contributed by atoms with E-state index < -0.39 is 11.8 Å². The predicted molar refractivity (Wildman–Crippen MR) is 78.7 cm³/mol. The van der Waals surface area contributed by atoms with E-state index in [1.165, 1.54) is 6.07 Å². The number of esters is 1. The number of carbonyl (C=O) groups is 1. The first-order valence-electron chi connectivity index (χ1n) is 6.39. The van der Waals surface area contributed by atoms with Crippen LogP contribution in [0.5, 0.6) is 0 Å². The van der Waals surface area contributed by atoms with E-state index in [9.17, 15) is 9.18 Å². The van der Waals surface area contributed by atoms with E-state index >= 15 is 0 Å². The number of aromatic nitrogens is 3. The number of halogens is 1. The Kier molecular flexibility index (Phi) is 4.15. The van der Waals surface area contributed by atoms with E-state index in [2.05, 4.69) is 14.6 Å². The number of hydrogen-bond donors (Lipinski definition) is 0. The molecule has 0 saturated heterocycles. The van der Waals surface area contributed by atoms with Crippen LogP contribution in [-0.4, -0.2) is 20.5 Å². The van der Waals surface area contributed by atoms with Gasteiger partial charge in [-0.2, -0.15) is 0 Å². The second-order valence-corrected chi connectivity index (χ2v) is 5.11. The molecule has 3 rings (SSSR count). The molecule has 0 aliphatic carbocycles. The van der Waals surface area contributed by atoms with Crippen LogP contribution in [0.1, 0.15) is 15.2 Å². The van der Waals surface area contributed by atoms with E-state index in [1.807, 2.05) is 0 Å². The first-order chi connectivity index (χ1) is 10.8. The highest BCUT2D eigenvalue weighted by atomic mass is 32.1. The molecule has 2 heterocycles. The number of carbonyl (C=O) groups excluding carboxylic acids is 1. The monoisotopic (exact) mass is 315 g/mol. The van der Waals surface area contributed by atoms with Crippen LogP contribution in [0.2, 0.25) is 0 Å². The molecule has 3 aromatic rings. The van der Waals surface area contributed by atoms with Gasteiger partial charge in [0.25, 0.3) is 0 Å². The van der Waals surface area contributed by atoms with Crippen LogP contribution in [0.15, 0.2) is 48.8 Å². The molecule has 0 spiro atoms. The molecule has 1 aromatic carbocycles. The summed E-state index contributed by atoms with van der Waals surface area (Å²) >= 11 is 0.935. The Balaban J connectivity index is 1.77. The lowest BCUT2D eigenvalue weighted by atomic mass is 10.2. The quantitative estimate of drug-likeness (QED) is 0.692. The van der Waals surface area contributed by atoms with Crippen LogP contribution in [-0.2, 0) is 11.3 Å². The third-order valence-corrected chi connectivity index (χ3v) is 3.63. The lowest BCUT2D eigenvalue weighted by Crippen LogP contribution is -2.06. The van der Waals surface area contributed by atoms with Crippen LogP contribution < -0.4 is 0 Å². The Morgan fingerprint density at radius 1 is 1.23 bits per heavy atom. The SMILES string of the molecule is O=C(OCc1ccccc1F)c1snnc1-c1cccnc1. The third-order valence-electron chi connectivity index (χ3n) is 2.92. The fourth-order valence-corrected chi connectivity index (χ4v) is 2.42. The Morgan fingerprint density at radius 3 is 2.86 bits per heavy atom. The van der Waals surface area contributed by atoms with Crippen molar-refractivity contribution in [2.45, 2.75) is 6.61 Å². The molecule has 7 heteroatoms. The number of ether oxygens (including phenoxy) is 1. The van der Waals surface area contributed by atoms with Crippen LogP contribution in [0.25, 0.3) is 11.3 Å². The zero-order chi connectivity index (χ0) is 15.4. The minimum atomic E-state index is -0.586. The zero-order valence-electron chi connectivity index (χ0n) is 11.3. The van der Waals surface area contributed by atoms with Gasteiger partial charge in [-0.3, -0.25) is 4.98 Å². The molecule has 0 amide bonds. The van der Waals surface area contributed by atoms with Crippen molar-refractivity contribution in [3.05, 3.63) is 65.0 Å². The fourth-order valence-electron chi connectivity index (χ4n) is 1.84. The molecule has 0 aliphatic rings. The van der Waals surface area contributed by atoms with E-state index in [-0.39, 0.29) is 11.5 Å². The summed E-state index contributed by atoms with van der Waals surface area (Å²) in [6, 6.07) is 9.66. The lowest BCUT2D eigenvalue weighted by molar-refractivity contribution is 0.0475. The first kappa shape index (κ1) is 14.3. The van der Waals surface area contributed by atoms with Gasteiger partial charge in [-0.1, -0.05) is 22.7 Å². The maximum absolute atomic E-state index is 13.5. The summed E-state index contributed by atoms with van der Waals surface area (Å²) in [5, 5.41) is 3.93. The minimum absolute atomic E-state index is 0.143. The predicted octanol–water partition coefficient (Wildman–Crippen LogP) is 3.10. The molecule has 0 fully saturated rings. The average molecular weight is 315 g/mol. The van der Waals surface area contributed by atoms with Gasteiger partial charge in [0.2, 0.25) is 0 Å². The summed E-state index contributed by atoms with van der Waals surface area (Å²) < 4.78 is 22.4. The highest BCUT2D eigenvalue weighted by Gasteiger charge is 2.19. The van der Waals surface area contributed by atoms with Crippen molar-refractivity contribution in [1.82, 2.24) is 14.6 Å². The molecule has 0 aliphatic heterocycles. The molecule has 2 aromatic heterocycles. The zero-order valence-corrected chi connectivity index (χ0v) is 12.1. The van der Waals surface area contributed by atoms with Crippen molar-refractivity contribution in [2.24, 2.45) is 0 Å². The molecular weight excluding hydrogens is 305 g/mol. The molecule has 0 atom stereocenters. The lowest BCUT2D eigenvalue weighted by Gasteiger charge is -2.05. The number of pyridine rings is 1. The van der Waals surface area contributed by atoms with Crippen molar-refractivity contribution in [3.8, 4) is 11.3 Å². The van der Waals surface area contributed by atoms with Crippen LogP contribution in [0, 0.1) is 5.82 Å². The first-order valence-corrected chi connectivity index (χ1v) is 7.16. The van der Waals surface area contributed by atoms with Gasteiger partial charge in [0.05, 0.1) is 0 Å². The smallest absolute Gasteiger partial charge is 0.352 e. The van der Waals surface area contributed by atoms with Crippen LogP contribution >= 0.6 is 11.5 Å². The topological polar surface area (TPSA) is 65.0 Å². The standard InChI is InChI=1S/C15H10FN3O2S/c16-12-6-2-1-4-11(12)9-21-15(20)14-13(18-19-22-14)10-5-3-7-17-8-10/h1-8H,9H2. The Labute approximate surface area is 129 Å². The largest absolute Gasteiger partial charge is 0.456 e. The Hall–Kier alpha value is -2.67. The summed E-state index contributed by atoms with van der Waals surface area (Å²) in [5.41, 5.74) is 1.40. The van der Waals surface area contributed by atoms with Gasteiger partial charge in [0, 0.05) is 23.5 Å². The van der Waals surface area contributed by atoms with Gasteiger partial charge < -0.3 is 4.74 Å². The molecule has 22 heavy (non-hydrogen) atoms. The highest BCUT2D eigenvalue weighted by molar-refractivity contribution is 7.08. The van der Waals surface area contributed by atoms with Gasteiger partial charge in [-0.15, -0.1) is 5.10 Å². The van der Waals surface area contributed by atoms with Crippen molar-refractivity contribution < 1.29 is 13.9 Å². The van der Waals surface area contributed by atoms with Gasteiger partial charge in [0.15, 0.2) is 4.88 Å². The summed E-state index contributed by atoms with van der Waals surface area (Å²) in [5.74, 6) is -0.998. The molecule has 0 bridgehead atoms. The molecule has 0 unspecified atom stereocenters.